The van der Waals surface area contributed by atoms with E-state index in [4.69, 9.17) is 27.4 Å². The van der Waals surface area contributed by atoms with E-state index in [0.717, 1.165) is 10.0 Å². The Morgan fingerprint density at radius 3 is 2.67 bits per heavy atom. The van der Waals surface area contributed by atoms with Crippen molar-refractivity contribution in [1.29, 1.82) is 0 Å². The third-order valence-electron chi connectivity index (χ3n) is 2.97. The average molecular weight is 366 g/mol. The summed E-state index contributed by atoms with van der Waals surface area (Å²) in [6, 6.07) is 11.8. The van der Waals surface area contributed by atoms with Gasteiger partial charge in [0.25, 0.3) is 0 Å². The van der Waals surface area contributed by atoms with Crippen LogP contribution in [-0.4, -0.2) is 12.1 Å². The van der Waals surface area contributed by atoms with E-state index >= 15 is 0 Å². The summed E-state index contributed by atoms with van der Waals surface area (Å²) in [5.41, 5.74) is 8.70. The Labute approximate surface area is 138 Å². The summed E-state index contributed by atoms with van der Waals surface area (Å²) in [5, 5.41) is 0. The van der Waals surface area contributed by atoms with E-state index in [0.29, 0.717) is 23.7 Å². The number of hydrogen-bond donors (Lipinski definition) is 1. The molecule has 2 aromatic carbocycles. The first kappa shape index (κ1) is 15.8. The molecule has 21 heavy (non-hydrogen) atoms. The molecule has 5 heteroatoms. The largest absolute Gasteiger partial charge is 0.493 e. The molecule has 0 aliphatic heterocycles. The molecule has 2 N–H and O–H groups in total. The number of ether oxygens (including phenoxy) is 2. The SMILES string of the molecule is COc1cc(Br)cc(C(N)=S)c1OCc1cccc(C)c1. The highest BCUT2D eigenvalue weighted by atomic mass is 79.9. The van der Waals surface area contributed by atoms with Crippen molar-refractivity contribution in [3.05, 3.63) is 57.6 Å². The molecule has 0 aromatic heterocycles. The van der Waals surface area contributed by atoms with Gasteiger partial charge >= 0.3 is 0 Å². The standard InChI is InChI=1S/C16H16BrNO2S/c1-10-4-3-5-11(6-10)9-20-15-13(16(18)21)7-12(17)8-14(15)19-2/h3-8H,9H2,1-2H3,(H2,18,21). The van der Waals surface area contributed by atoms with Gasteiger partial charge in [-0.05, 0) is 24.6 Å². The second-order valence-corrected chi connectivity index (χ2v) is 5.98. The van der Waals surface area contributed by atoms with Crippen LogP contribution >= 0.6 is 28.1 Å². The summed E-state index contributed by atoms with van der Waals surface area (Å²) in [7, 11) is 1.59. The normalized spacial score (nSPS) is 10.2. The molecule has 3 nitrogen and oxygen atoms in total. The van der Waals surface area contributed by atoms with E-state index in [1.807, 2.05) is 37.3 Å². The first-order chi connectivity index (χ1) is 10.0. The minimum Gasteiger partial charge on any atom is -0.493 e. The summed E-state index contributed by atoms with van der Waals surface area (Å²) in [6.07, 6.45) is 0. The molecular formula is C16H16BrNO2S. The Kier molecular flexibility index (Phi) is 5.20. The molecule has 0 saturated heterocycles. The smallest absolute Gasteiger partial charge is 0.171 e. The van der Waals surface area contributed by atoms with Crippen molar-refractivity contribution >= 4 is 33.1 Å². The van der Waals surface area contributed by atoms with Gasteiger partial charge in [0.2, 0.25) is 0 Å². The maximum atomic E-state index is 5.90. The van der Waals surface area contributed by atoms with Gasteiger partial charge in [0.1, 0.15) is 11.6 Å². The lowest BCUT2D eigenvalue weighted by atomic mass is 10.1. The van der Waals surface area contributed by atoms with Crippen LogP contribution in [-0.2, 0) is 6.61 Å². The summed E-state index contributed by atoms with van der Waals surface area (Å²) < 4.78 is 12.1. The molecule has 0 atom stereocenters. The van der Waals surface area contributed by atoms with Gasteiger partial charge in [-0.25, -0.2) is 0 Å². The number of hydrogen-bond acceptors (Lipinski definition) is 3. The minimum atomic E-state index is 0.272. The zero-order chi connectivity index (χ0) is 15.4. The maximum absolute atomic E-state index is 5.90. The van der Waals surface area contributed by atoms with Crippen LogP contribution in [0.3, 0.4) is 0 Å². The quantitative estimate of drug-likeness (QED) is 0.813. The van der Waals surface area contributed by atoms with Crippen molar-refractivity contribution < 1.29 is 9.47 Å². The zero-order valence-electron chi connectivity index (χ0n) is 11.9. The van der Waals surface area contributed by atoms with E-state index in [1.165, 1.54) is 5.56 Å². The molecule has 0 unspecified atom stereocenters. The topological polar surface area (TPSA) is 44.5 Å². The lowest BCUT2D eigenvalue weighted by Gasteiger charge is -2.15. The van der Waals surface area contributed by atoms with Crippen LogP contribution in [0, 0.1) is 6.92 Å². The van der Waals surface area contributed by atoms with E-state index in [1.54, 1.807) is 7.11 Å². The molecule has 0 amide bonds. The average Bonchev–Trinajstić information content (AvgIpc) is 2.45. The van der Waals surface area contributed by atoms with Gasteiger partial charge in [-0.1, -0.05) is 58.0 Å². The molecule has 110 valence electrons. The van der Waals surface area contributed by atoms with E-state index in [9.17, 15) is 0 Å². The summed E-state index contributed by atoms with van der Waals surface area (Å²) in [5.74, 6) is 1.16. The van der Waals surface area contributed by atoms with Crippen molar-refractivity contribution in [3.63, 3.8) is 0 Å². The molecule has 0 spiro atoms. The fourth-order valence-corrected chi connectivity index (χ4v) is 2.60. The molecule has 0 bridgehead atoms. The fraction of sp³-hybridized carbons (Fsp3) is 0.188. The van der Waals surface area contributed by atoms with Gasteiger partial charge in [0.05, 0.1) is 12.7 Å². The zero-order valence-corrected chi connectivity index (χ0v) is 14.3. The van der Waals surface area contributed by atoms with Gasteiger partial charge < -0.3 is 15.2 Å². The Morgan fingerprint density at radius 2 is 2.05 bits per heavy atom. The van der Waals surface area contributed by atoms with Crippen molar-refractivity contribution in [2.24, 2.45) is 5.73 Å². The molecular weight excluding hydrogens is 350 g/mol. The molecule has 2 aromatic rings. The van der Waals surface area contributed by atoms with Crippen LogP contribution in [0.5, 0.6) is 11.5 Å². The Bertz CT molecular complexity index is 673. The summed E-state index contributed by atoms with van der Waals surface area (Å²) >= 11 is 8.50. The number of aryl methyl sites for hydroxylation is 1. The molecule has 2 rings (SSSR count). The van der Waals surface area contributed by atoms with Crippen molar-refractivity contribution in [2.75, 3.05) is 7.11 Å². The predicted octanol–water partition coefficient (Wildman–Crippen LogP) is 3.98. The fourth-order valence-electron chi connectivity index (χ4n) is 2.01. The lowest BCUT2D eigenvalue weighted by Crippen LogP contribution is -2.12. The van der Waals surface area contributed by atoms with Crippen LogP contribution in [0.25, 0.3) is 0 Å². The monoisotopic (exact) mass is 365 g/mol. The first-order valence-corrected chi connectivity index (χ1v) is 7.57. The molecule has 0 aliphatic rings. The van der Waals surface area contributed by atoms with Crippen molar-refractivity contribution in [2.45, 2.75) is 13.5 Å². The molecule has 0 fully saturated rings. The van der Waals surface area contributed by atoms with Crippen LogP contribution in [0.1, 0.15) is 16.7 Å². The van der Waals surface area contributed by atoms with Crippen LogP contribution in [0.4, 0.5) is 0 Å². The Balaban J connectivity index is 2.32. The predicted molar refractivity (Wildman–Crippen MR) is 92.1 cm³/mol. The van der Waals surface area contributed by atoms with E-state index in [2.05, 4.69) is 22.0 Å². The highest BCUT2D eigenvalue weighted by Gasteiger charge is 2.15. The summed E-state index contributed by atoms with van der Waals surface area (Å²) in [6.45, 7) is 2.47. The summed E-state index contributed by atoms with van der Waals surface area (Å²) in [4.78, 5) is 0.272. The lowest BCUT2D eigenvalue weighted by molar-refractivity contribution is 0.284. The molecule has 0 radical (unpaired) electrons. The number of benzene rings is 2. The third-order valence-corrected chi connectivity index (χ3v) is 3.65. The molecule has 0 aliphatic carbocycles. The Hall–Kier alpha value is -1.59. The highest BCUT2D eigenvalue weighted by Crippen LogP contribution is 2.35. The maximum Gasteiger partial charge on any atom is 0.171 e. The van der Waals surface area contributed by atoms with Crippen molar-refractivity contribution in [1.82, 2.24) is 0 Å². The second kappa shape index (κ2) is 6.91. The molecule has 0 heterocycles. The minimum absolute atomic E-state index is 0.272. The van der Waals surface area contributed by atoms with Crippen LogP contribution < -0.4 is 15.2 Å². The Morgan fingerprint density at radius 1 is 1.29 bits per heavy atom. The number of thiocarbonyl (C=S) groups is 1. The van der Waals surface area contributed by atoms with Gasteiger partial charge in [0.15, 0.2) is 11.5 Å². The molecule has 0 saturated carbocycles. The van der Waals surface area contributed by atoms with Gasteiger partial charge in [0, 0.05) is 4.47 Å². The third kappa shape index (κ3) is 3.95. The van der Waals surface area contributed by atoms with Gasteiger partial charge in [-0.15, -0.1) is 0 Å². The van der Waals surface area contributed by atoms with Gasteiger partial charge in [-0.2, -0.15) is 0 Å². The van der Waals surface area contributed by atoms with Crippen molar-refractivity contribution in [3.8, 4) is 11.5 Å². The highest BCUT2D eigenvalue weighted by molar-refractivity contribution is 9.10. The van der Waals surface area contributed by atoms with Crippen LogP contribution in [0.15, 0.2) is 40.9 Å². The van der Waals surface area contributed by atoms with Crippen LogP contribution in [0.2, 0.25) is 0 Å². The second-order valence-electron chi connectivity index (χ2n) is 4.63. The van der Waals surface area contributed by atoms with E-state index in [-0.39, 0.29) is 4.99 Å². The number of rotatable bonds is 5. The number of nitrogens with two attached hydrogens (primary N) is 1. The van der Waals surface area contributed by atoms with E-state index < -0.39 is 0 Å². The van der Waals surface area contributed by atoms with Gasteiger partial charge in [-0.3, -0.25) is 0 Å². The number of methoxy groups -OCH3 is 1. The first-order valence-electron chi connectivity index (χ1n) is 6.37. The number of halogens is 1.